The van der Waals surface area contributed by atoms with Crippen molar-refractivity contribution in [3.63, 3.8) is 0 Å². The van der Waals surface area contributed by atoms with Crippen molar-refractivity contribution in [1.29, 1.82) is 0 Å². The summed E-state index contributed by atoms with van der Waals surface area (Å²) in [6.07, 6.45) is -1.34. The van der Waals surface area contributed by atoms with Gasteiger partial charge < -0.3 is 30.1 Å². The molecule has 3 heterocycles. The number of aliphatic hydroxyl groups is 3. The molecule has 0 saturated heterocycles. The molecule has 3 aromatic rings. The fourth-order valence-corrected chi connectivity index (χ4v) is 4.74. The molecule has 37 heavy (non-hydrogen) atoms. The first-order valence-corrected chi connectivity index (χ1v) is 12.3. The van der Waals surface area contributed by atoms with E-state index in [1.165, 1.54) is 11.3 Å². The Kier molecular flexibility index (Phi) is 7.37. The molecule has 196 valence electrons. The van der Waals surface area contributed by atoms with Crippen LogP contribution < -0.4 is 14.8 Å². The summed E-state index contributed by atoms with van der Waals surface area (Å²) in [6, 6.07) is 5.65. The minimum atomic E-state index is -3.34. The molecule has 0 fully saturated rings. The summed E-state index contributed by atoms with van der Waals surface area (Å²) in [6.45, 7) is 4.61. The van der Waals surface area contributed by atoms with Crippen LogP contribution in [-0.4, -0.2) is 68.1 Å². The minimum Gasteiger partial charge on any atom is -0.496 e. The maximum atomic E-state index is 13.2. The first-order chi connectivity index (χ1) is 17.5. The van der Waals surface area contributed by atoms with Gasteiger partial charge in [0.1, 0.15) is 18.1 Å². The van der Waals surface area contributed by atoms with Crippen molar-refractivity contribution < 1.29 is 34.4 Å². The number of carbonyl (C=O) groups excluding carboxylic acids is 2. The van der Waals surface area contributed by atoms with Crippen LogP contribution in [0.4, 0.5) is 0 Å². The predicted octanol–water partition coefficient (Wildman–Crippen LogP) is 2.09. The molecule has 2 amide bonds. The second-order valence-electron chi connectivity index (χ2n) is 8.70. The highest BCUT2D eigenvalue weighted by Gasteiger charge is 2.33. The van der Waals surface area contributed by atoms with Gasteiger partial charge in [0, 0.05) is 48.2 Å². The third-order valence-electron chi connectivity index (χ3n) is 5.72. The van der Waals surface area contributed by atoms with Crippen LogP contribution in [0.3, 0.4) is 0 Å². The van der Waals surface area contributed by atoms with Gasteiger partial charge in [-0.1, -0.05) is 11.6 Å². The van der Waals surface area contributed by atoms with Crippen molar-refractivity contribution in [2.45, 2.75) is 33.5 Å². The van der Waals surface area contributed by atoms with Crippen LogP contribution in [0.2, 0.25) is 0 Å². The van der Waals surface area contributed by atoms with Crippen LogP contribution in [0.15, 0.2) is 34.5 Å². The summed E-state index contributed by atoms with van der Waals surface area (Å²) >= 11 is 1.49. The smallest absolute Gasteiger partial charge is 0.371 e. The van der Waals surface area contributed by atoms with Crippen LogP contribution in [0.5, 0.6) is 11.5 Å². The molecule has 4 rings (SSSR count). The topological polar surface area (TPSA) is 146 Å². The molecule has 0 bridgehead atoms. The number of fused-ring (bicyclic) bond motifs is 3. The summed E-state index contributed by atoms with van der Waals surface area (Å²) < 4.78 is 13.3. The Morgan fingerprint density at radius 3 is 2.65 bits per heavy atom. The second kappa shape index (κ2) is 10.3. The van der Waals surface area contributed by atoms with Crippen molar-refractivity contribution in [1.82, 2.24) is 20.0 Å². The van der Waals surface area contributed by atoms with E-state index in [0.29, 0.717) is 27.7 Å². The van der Waals surface area contributed by atoms with Gasteiger partial charge in [-0.25, -0.2) is 4.68 Å². The lowest BCUT2D eigenvalue weighted by Crippen LogP contribution is -2.53. The van der Waals surface area contributed by atoms with Crippen LogP contribution in [0.25, 0.3) is 23.0 Å². The predicted molar refractivity (Wildman–Crippen MR) is 136 cm³/mol. The summed E-state index contributed by atoms with van der Waals surface area (Å²) in [4.78, 5) is 25.2. The molecular weight excluding hydrogens is 500 g/mol. The minimum absolute atomic E-state index is 0.0902. The highest BCUT2D eigenvalue weighted by Crippen LogP contribution is 2.44. The number of nitrogens with zero attached hydrogens (tertiary/aromatic N) is 3. The fourth-order valence-electron chi connectivity index (χ4n) is 4.13. The maximum Gasteiger partial charge on any atom is 0.371 e. The second-order valence-corrected chi connectivity index (χ2v) is 9.48. The van der Waals surface area contributed by atoms with Crippen molar-refractivity contribution in [3.8, 4) is 28.4 Å². The molecule has 2 aromatic heterocycles. The Balaban J connectivity index is 1.74. The number of hydrogen-bond acceptors (Lipinski definition) is 9. The highest BCUT2D eigenvalue weighted by molar-refractivity contribution is 7.08. The van der Waals surface area contributed by atoms with Crippen LogP contribution in [0, 0.1) is 0 Å². The molecule has 1 aliphatic heterocycles. The number of aromatic nitrogens is 2. The van der Waals surface area contributed by atoms with Gasteiger partial charge in [0.15, 0.2) is 5.69 Å². The average Bonchev–Trinajstić information content (AvgIpc) is 3.47. The molecule has 0 spiro atoms. The number of ether oxygens (including phenoxy) is 2. The van der Waals surface area contributed by atoms with Crippen LogP contribution in [-0.2, 0) is 11.4 Å². The third kappa shape index (κ3) is 5.37. The zero-order valence-electron chi connectivity index (χ0n) is 20.8. The van der Waals surface area contributed by atoms with E-state index in [9.17, 15) is 24.9 Å². The van der Waals surface area contributed by atoms with Gasteiger partial charge in [-0.05, 0) is 31.4 Å². The fraction of sp³-hybridized carbons (Fsp3) is 0.320. The van der Waals surface area contributed by atoms with Gasteiger partial charge in [0.05, 0.1) is 18.5 Å². The molecule has 1 aromatic carbocycles. The number of benzene rings is 1. The highest BCUT2D eigenvalue weighted by atomic mass is 32.1. The lowest BCUT2D eigenvalue weighted by molar-refractivity contribution is -0.381. The number of hydrogen-bond donors (Lipinski definition) is 4. The normalized spacial score (nSPS) is 12.2. The van der Waals surface area contributed by atoms with Crippen molar-refractivity contribution >= 4 is 29.2 Å². The average molecular weight is 529 g/mol. The van der Waals surface area contributed by atoms with Crippen molar-refractivity contribution in [3.05, 3.63) is 51.4 Å². The van der Waals surface area contributed by atoms with Crippen LogP contribution >= 0.6 is 11.3 Å². The Bertz CT molecular complexity index is 1350. The van der Waals surface area contributed by atoms with E-state index in [1.54, 1.807) is 11.8 Å². The van der Waals surface area contributed by atoms with Gasteiger partial charge in [-0.3, -0.25) is 14.5 Å². The molecule has 0 saturated carbocycles. The Hall–Kier alpha value is -3.71. The molecule has 12 heteroatoms. The first-order valence-electron chi connectivity index (χ1n) is 11.4. The molecule has 0 unspecified atom stereocenters. The Labute approximate surface area is 217 Å². The SMILES string of the molecule is COc1cc2c(cc1C=C(C)C)-c1c(c(C(=O)NCCN(C(C)=O)C(O)(O)O)nn1-c1ccsc1)CO2. The summed E-state index contributed by atoms with van der Waals surface area (Å²) in [5.74, 6) is -0.0710. The lowest BCUT2D eigenvalue weighted by atomic mass is 9.98. The maximum absolute atomic E-state index is 13.2. The van der Waals surface area contributed by atoms with Crippen LogP contribution in [0.1, 0.15) is 42.4 Å². The number of rotatable bonds is 8. The van der Waals surface area contributed by atoms with Gasteiger partial charge in [-0.15, -0.1) is 0 Å². The molecule has 1 aliphatic rings. The summed E-state index contributed by atoms with van der Waals surface area (Å²) in [7, 11) is 1.60. The molecule has 0 atom stereocenters. The third-order valence-corrected chi connectivity index (χ3v) is 6.39. The number of thiophene rings is 1. The Morgan fingerprint density at radius 2 is 2.05 bits per heavy atom. The van der Waals surface area contributed by atoms with Gasteiger partial charge in [0.25, 0.3) is 5.91 Å². The van der Waals surface area contributed by atoms with Gasteiger partial charge in [-0.2, -0.15) is 16.4 Å². The van der Waals surface area contributed by atoms with Gasteiger partial charge >= 0.3 is 6.10 Å². The molecular formula is C25H28N4O7S. The van der Waals surface area contributed by atoms with E-state index in [4.69, 9.17) is 9.47 Å². The molecule has 0 radical (unpaired) electrons. The van der Waals surface area contributed by atoms with E-state index < -0.39 is 17.9 Å². The first kappa shape index (κ1) is 26.4. The zero-order valence-corrected chi connectivity index (χ0v) is 21.6. The lowest BCUT2D eigenvalue weighted by Gasteiger charge is -2.29. The summed E-state index contributed by atoms with van der Waals surface area (Å²) in [5, 5.41) is 39.1. The van der Waals surface area contributed by atoms with E-state index in [2.05, 4.69) is 10.4 Å². The molecule has 4 N–H and O–H groups in total. The van der Waals surface area contributed by atoms with E-state index in [-0.39, 0.29) is 25.4 Å². The molecule has 0 aliphatic carbocycles. The van der Waals surface area contributed by atoms with E-state index >= 15 is 0 Å². The van der Waals surface area contributed by atoms with E-state index in [1.807, 2.05) is 48.9 Å². The quantitative estimate of drug-likeness (QED) is 0.325. The van der Waals surface area contributed by atoms with Crippen molar-refractivity contribution in [2.75, 3.05) is 20.2 Å². The number of allylic oxidation sites excluding steroid dienone is 1. The largest absolute Gasteiger partial charge is 0.496 e. The van der Waals surface area contributed by atoms with Gasteiger partial charge in [0.2, 0.25) is 5.91 Å². The summed E-state index contributed by atoms with van der Waals surface area (Å²) in [5.41, 5.74) is 4.88. The number of nitrogens with one attached hydrogen (secondary N) is 1. The van der Waals surface area contributed by atoms with E-state index in [0.717, 1.165) is 29.3 Å². The van der Waals surface area contributed by atoms with Crippen molar-refractivity contribution in [2.24, 2.45) is 0 Å². The number of carbonyl (C=O) groups is 2. The molecule has 11 nitrogen and oxygen atoms in total. The standard InChI is InChI=1S/C25H28N4O7S/c1-14(2)9-16-10-18-21(11-20(16)35-4)36-12-19-22(27-29(23(18)19)17-5-8-37-13-17)24(31)26-6-7-28(15(3)30)25(32,33)34/h5,8-11,13,32-34H,6-7,12H2,1-4H3,(H,26,31). The zero-order chi connectivity index (χ0) is 26.9. The Morgan fingerprint density at radius 1 is 1.30 bits per heavy atom. The number of methoxy groups -OCH3 is 1. The number of amides is 2. The monoisotopic (exact) mass is 528 g/mol.